The summed E-state index contributed by atoms with van der Waals surface area (Å²) in [6.45, 7) is 22.7. The minimum absolute atomic E-state index is 0.0427. The van der Waals surface area contributed by atoms with Crippen LogP contribution in [0.4, 0.5) is 14.4 Å². The van der Waals surface area contributed by atoms with Crippen molar-refractivity contribution in [2.45, 2.75) is 164 Å². The maximum absolute atomic E-state index is 14.0. The highest BCUT2D eigenvalue weighted by atomic mass is 35.5. The van der Waals surface area contributed by atoms with Crippen molar-refractivity contribution in [3.8, 4) is 74.2 Å². The van der Waals surface area contributed by atoms with Crippen LogP contribution in [0.25, 0.3) is 56.9 Å². The van der Waals surface area contributed by atoms with E-state index in [0.29, 0.717) is 190 Å². The van der Waals surface area contributed by atoms with Crippen LogP contribution in [-0.2, 0) is 59.9 Å². The Morgan fingerprint density at radius 1 is 0.431 bits per heavy atom. The van der Waals surface area contributed by atoms with Crippen molar-refractivity contribution < 1.29 is 65.6 Å². The molecule has 0 unspecified atom stereocenters. The number of hydrogen-bond acceptors (Lipinski definition) is 25. The molecule has 0 bridgehead atoms. The monoisotopic (exact) mass is 1820 g/mol. The van der Waals surface area contributed by atoms with Crippen LogP contribution in [0.15, 0.2) is 163 Å². The third-order valence-corrected chi connectivity index (χ3v) is 25.5. The number of sulfone groups is 1. The molecule has 14 heterocycles. The quantitative estimate of drug-likeness (QED) is 0.0459. The number of methoxy groups -OCH3 is 3. The number of thioether (sulfide) groups is 1. The van der Waals surface area contributed by atoms with Gasteiger partial charge < -0.3 is 72.8 Å². The van der Waals surface area contributed by atoms with Crippen molar-refractivity contribution in [3.05, 3.63) is 208 Å². The molecule has 3 spiro atoms. The number of carbonyl (C=O) groups is 6. The van der Waals surface area contributed by atoms with Crippen molar-refractivity contribution in [3.63, 3.8) is 0 Å². The summed E-state index contributed by atoms with van der Waals surface area (Å²) in [5.74, 6) is 2.90. The molecule has 33 nitrogen and oxygen atoms in total. The van der Waals surface area contributed by atoms with Crippen LogP contribution in [0.2, 0.25) is 5.28 Å². The van der Waals surface area contributed by atoms with E-state index >= 15 is 0 Å². The number of carbonyl (C=O) groups excluding carboxylic acids is 6. The molecular weight excluding hydrogens is 1720 g/mol. The van der Waals surface area contributed by atoms with Crippen molar-refractivity contribution in [2.24, 2.45) is 0 Å². The summed E-state index contributed by atoms with van der Waals surface area (Å²) in [5, 5.41) is 0.533. The predicted octanol–water partition coefficient (Wildman–Crippen LogP) is 14.9. The van der Waals surface area contributed by atoms with Crippen molar-refractivity contribution in [2.75, 3.05) is 92.7 Å². The van der Waals surface area contributed by atoms with Gasteiger partial charge in [0, 0.05) is 161 Å². The normalized spacial score (nSPS) is 16.4. The molecule has 0 saturated carbocycles. The van der Waals surface area contributed by atoms with Crippen LogP contribution in [0.1, 0.15) is 166 Å². The SMILES string of the molecule is COc1ccc(CN2CC3(CCN(C(=O)OC(C)(C)C)CC3)c3[nH]c(-c4ccnc(-c5cnc(S(C)(=O)=O)nc5)n4)cc3C2=O)cc1.COc1ccc(CN2CC3(CCN(C(=O)OC(C)(C)C)CC3)c3[nH]c(-c4ccnc(-c5cnc(SC)nc5)n4)cc3C2=O)cc1.COc1ccc(CN2CC3(CCN(C(=O)OC(C)(C)C)CC3)c3[nH]c(-c4ccnc(Cl)n4)cc3C2=O)cc1. The number of likely N-dealkylation sites (tertiary alicyclic amines) is 3. The molecule has 3 saturated heterocycles. The molecule has 0 aliphatic carbocycles. The fraction of sp³-hybridized carbons (Fsp3) is 0.404. The van der Waals surface area contributed by atoms with E-state index in [0.717, 1.165) is 63.0 Å². The Kier molecular flexibility index (Phi) is 26.3. The van der Waals surface area contributed by atoms with Crippen LogP contribution < -0.4 is 14.2 Å². The van der Waals surface area contributed by atoms with Crippen molar-refractivity contribution in [1.29, 1.82) is 0 Å². The fourth-order valence-electron chi connectivity index (χ4n) is 17.3. The van der Waals surface area contributed by atoms with E-state index < -0.39 is 32.1 Å². The number of benzene rings is 3. The van der Waals surface area contributed by atoms with Gasteiger partial charge in [0.25, 0.3) is 17.7 Å². The van der Waals surface area contributed by atoms with Crippen LogP contribution in [-0.4, -0.2) is 248 Å². The summed E-state index contributed by atoms with van der Waals surface area (Å²) >= 11 is 7.52. The topological polar surface area (TPSA) is 388 Å². The molecule has 6 aliphatic heterocycles. The minimum Gasteiger partial charge on any atom is -0.497 e. The third kappa shape index (κ3) is 20.7. The summed E-state index contributed by atoms with van der Waals surface area (Å²) in [6.07, 6.45) is 17.1. The standard InChI is InChI=1S/C33H37N7O6S.C33H37N7O4S.C28H32ClN5O4/c1-32(2,3)46-31(42)39-14-11-33(12-15-39)20-40(19-21-6-8-23(45-4)9-7-21)29(41)24-16-26(37-27(24)33)25-10-13-34-28(38-25)22-17-35-30(36-18-22)47(5,43)44;1-32(2,3)44-31(42)39-14-11-33(12-15-39)20-40(19-21-6-8-23(43-4)9-7-21)29(41)24-16-26(37-27(24)33)25-10-13-34-28(38-25)22-17-35-30(45-5)36-18-22;1-27(2,3)38-26(36)33-13-10-28(11-14-33)17-34(16-18-5-7-19(37-4)8-6-18)24(35)20-15-22(31-23(20)28)21-9-12-30-25(29)32-21/h6-10,13,16-18,37H,11-12,14-15,19-20H2,1-5H3;6-10,13,16-18,37H,11-12,14-15,19-20H2,1-5H3;5-9,12,15,31H,10-11,13-14,16-17H2,1-4H3. The molecule has 8 aromatic heterocycles. The first-order valence-electron chi connectivity index (χ1n) is 42.8. The highest BCUT2D eigenvalue weighted by molar-refractivity contribution is 7.98. The molecule has 11 aromatic rings. The number of hydrogen-bond donors (Lipinski definition) is 3. The van der Waals surface area contributed by atoms with E-state index in [9.17, 15) is 37.2 Å². The Balaban J connectivity index is 0.000000150. The zero-order valence-corrected chi connectivity index (χ0v) is 77.6. The molecule has 3 aromatic carbocycles. The number of amides is 6. The van der Waals surface area contributed by atoms with Gasteiger partial charge in [-0.05, 0) is 208 Å². The van der Waals surface area contributed by atoms with Gasteiger partial charge in [-0.3, -0.25) is 14.4 Å². The first-order chi connectivity index (χ1) is 61.9. The largest absolute Gasteiger partial charge is 0.497 e. The number of aromatic amines is 3. The summed E-state index contributed by atoms with van der Waals surface area (Å²) in [6, 6.07) is 34.1. The molecule has 3 fully saturated rings. The summed E-state index contributed by atoms with van der Waals surface area (Å²) in [4.78, 5) is 145. The Morgan fingerprint density at radius 3 is 1.00 bits per heavy atom. The van der Waals surface area contributed by atoms with E-state index in [1.807, 2.05) is 180 Å². The van der Waals surface area contributed by atoms with Crippen LogP contribution in [0.5, 0.6) is 17.2 Å². The second kappa shape index (κ2) is 37.3. The van der Waals surface area contributed by atoms with E-state index in [1.54, 1.807) is 79.1 Å². The van der Waals surface area contributed by atoms with E-state index in [2.05, 4.69) is 54.8 Å². The third-order valence-electron chi connectivity index (χ3n) is 23.8. The van der Waals surface area contributed by atoms with E-state index in [-0.39, 0.29) is 57.3 Å². The number of aromatic nitrogens is 13. The van der Waals surface area contributed by atoms with E-state index in [1.165, 1.54) is 24.2 Å². The lowest BCUT2D eigenvalue weighted by Crippen LogP contribution is -2.55. The maximum atomic E-state index is 14.0. The summed E-state index contributed by atoms with van der Waals surface area (Å²) in [5.41, 5.74) is 9.64. The molecule has 6 aliphatic rings. The lowest BCUT2D eigenvalue weighted by Gasteiger charge is -2.47. The van der Waals surface area contributed by atoms with Gasteiger partial charge >= 0.3 is 18.3 Å². The zero-order chi connectivity index (χ0) is 92.4. The lowest BCUT2D eigenvalue weighted by molar-refractivity contribution is 0.0114. The van der Waals surface area contributed by atoms with Crippen molar-refractivity contribution in [1.82, 2.24) is 94.2 Å². The average Bonchev–Trinajstić information content (AvgIpc) is 1.44. The number of rotatable bonds is 16. The number of halogens is 1. The first-order valence-corrected chi connectivity index (χ1v) is 46.3. The molecule has 680 valence electrons. The predicted molar refractivity (Wildman–Crippen MR) is 487 cm³/mol. The Labute approximate surface area is 763 Å². The number of fused-ring (bicyclic) bond motifs is 6. The zero-order valence-electron chi connectivity index (χ0n) is 75.2. The minimum atomic E-state index is -3.56. The van der Waals surface area contributed by atoms with Gasteiger partial charge in [0.1, 0.15) is 34.1 Å². The molecule has 3 N–H and O–H groups in total. The van der Waals surface area contributed by atoms with Gasteiger partial charge in [-0.15, -0.1) is 0 Å². The second-order valence-electron chi connectivity index (χ2n) is 36.4. The van der Waals surface area contributed by atoms with Crippen molar-refractivity contribution >= 4 is 69.2 Å². The van der Waals surface area contributed by atoms with Gasteiger partial charge in [-0.25, -0.2) is 72.6 Å². The Hall–Kier alpha value is -12.9. The molecule has 0 atom stereocenters. The van der Waals surface area contributed by atoms with Gasteiger partial charge in [0.05, 0.1) is 83.3 Å². The van der Waals surface area contributed by atoms with Crippen LogP contribution >= 0.6 is 23.4 Å². The van der Waals surface area contributed by atoms with Gasteiger partial charge in [0.15, 0.2) is 16.8 Å². The average molecular weight is 1830 g/mol. The number of nitrogens with zero attached hydrogens (tertiary/aromatic N) is 16. The van der Waals surface area contributed by atoms with Gasteiger partial charge in [0.2, 0.25) is 20.3 Å². The first kappa shape index (κ1) is 91.8. The van der Waals surface area contributed by atoms with Gasteiger partial charge in [-0.1, -0.05) is 48.2 Å². The maximum Gasteiger partial charge on any atom is 0.410 e. The van der Waals surface area contributed by atoms with Crippen LogP contribution in [0, 0.1) is 0 Å². The summed E-state index contributed by atoms with van der Waals surface area (Å²) in [7, 11) is 1.33. The highest BCUT2D eigenvalue weighted by Crippen LogP contribution is 2.48. The molecule has 130 heavy (non-hydrogen) atoms. The molecule has 17 rings (SSSR count). The smallest absolute Gasteiger partial charge is 0.410 e. The molecule has 0 radical (unpaired) electrons. The number of piperidine rings is 3. The summed E-state index contributed by atoms with van der Waals surface area (Å²) < 4.78 is 56.4. The van der Waals surface area contributed by atoms with E-state index in [4.69, 9.17) is 50.0 Å². The molecular formula is C94H106ClN19O14S2. The molecule has 6 amide bonds. The Morgan fingerprint density at radius 2 is 0.723 bits per heavy atom. The number of ether oxygens (including phenoxy) is 6. The Bertz CT molecular complexity index is 6110. The lowest BCUT2D eigenvalue weighted by atomic mass is 9.71. The number of nitrogens with one attached hydrogen (secondary N) is 3. The highest BCUT2D eigenvalue weighted by Gasteiger charge is 2.51. The van der Waals surface area contributed by atoms with Crippen LogP contribution in [0.3, 0.4) is 0 Å². The second-order valence-corrected chi connectivity index (χ2v) is 39.4. The number of H-pyrrole nitrogens is 3. The molecule has 36 heteroatoms. The fourth-order valence-corrected chi connectivity index (χ4v) is 18.3. The van der Waals surface area contributed by atoms with Gasteiger partial charge in [-0.2, -0.15) is 0 Å².